The molecule has 3 aromatic rings. The van der Waals surface area contributed by atoms with Gasteiger partial charge in [-0.05, 0) is 25.3 Å². The molecule has 2 aromatic heterocycles. The zero-order valence-corrected chi connectivity index (χ0v) is 14.3. The molecule has 0 saturated carbocycles. The van der Waals surface area contributed by atoms with Crippen LogP contribution in [0.4, 0.5) is 0 Å². The first-order valence-corrected chi connectivity index (χ1v) is 8.48. The van der Waals surface area contributed by atoms with Crippen molar-refractivity contribution in [1.82, 2.24) is 19.9 Å². The fourth-order valence-electron chi connectivity index (χ4n) is 2.18. The molecule has 0 aliphatic rings. The highest BCUT2D eigenvalue weighted by molar-refractivity contribution is 7.98. The Kier molecular flexibility index (Phi) is 4.77. The van der Waals surface area contributed by atoms with E-state index in [1.807, 2.05) is 13.0 Å². The molecule has 3 rings (SSSR count). The summed E-state index contributed by atoms with van der Waals surface area (Å²) in [5.41, 5.74) is 1.16. The van der Waals surface area contributed by atoms with Crippen LogP contribution >= 0.6 is 11.8 Å². The van der Waals surface area contributed by atoms with Crippen molar-refractivity contribution in [3.8, 4) is 29.0 Å². The number of hydrogen-bond donors (Lipinski definition) is 1. The van der Waals surface area contributed by atoms with E-state index in [1.165, 1.54) is 18.0 Å². The summed E-state index contributed by atoms with van der Waals surface area (Å²) in [7, 11) is 0. The summed E-state index contributed by atoms with van der Waals surface area (Å²) in [5, 5.41) is 9.73. The minimum atomic E-state index is -0.465. The van der Waals surface area contributed by atoms with Gasteiger partial charge in [-0.1, -0.05) is 23.9 Å². The lowest BCUT2D eigenvalue weighted by Crippen LogP contribution is -2.14. The number of benzene rings is 1. The number of ether oxygens (including phenoxy) is 1. The fraction of sp³-hybridized carbons (Fsp3) is 0.118. The molecule has 1 aromatic carbocycles. The van der Waals surface area contributed by atoms with Crippen molar-refractivity contribution in [3.63, 3.8) is 0 Å². The highest BCUT2D eigenvalue weighted by atomic mass is 32.2. The largest absolute Gasteiger partial charge is 0.437 e. The summed E-state index contributed by atoms with van der Waals surface area (Å²) < 4.78 is 5.71. The first-order chi connectivity index (χ1) is 12.1. The fourth-order valence-corrected chi connectivity index (χ4v) is 2.56. The van der Waals surface area contributed by atoms with Gasteiger partial charge < -0.3 is 9.72 Å². The van der Waals surface area contributed by atoms with E-state index in [0.29, 0.717) is 28.0 Å². The van der Waals surface area contributed by atoms with Crippen LogP contribution in [0, 0.1) is 18.3 Å². The van der Waals surface area contributed by atoms with Crippen LogP contribution in [0.2, 0.25) is 0 Å². The van der Waals surface area contributed by atoms with E-state index in [1.54, 1.807) is 36.7 Å². The third kappa shape index (κ3) is 3.67. The summed E-state index contributed by atoms with van der Waals surface area (Å²) in [6.45, 7) is 1.82. The number of nitrogens with one attached hydrogen (secondary N) is 1. The van der Waals surface area contributed by atoms with Crippen molar-refractivity contribution in [2.24, 2.45) is 0 Å². The average Bonchev–Trinajstić information content (AvgIpc) is 2.61. The number of rotatable bonds is 4. The summed E-state index contributed by atoms with van der Waals surface area (Å²) in [5.74, 6) is 0.871. The number of nitriles is 1. The molecule has 0 fully saturated rings. The Labute approximate surface area is 147 Å². The molecule has 0 amide bonds. The van der Waals surface area contributed by atoms with Gasteiger partial charge in [0.15, 0.2) is 5.16 Å². The first kappa shape index (κ1) is 16.7. The van der Waals surface area contributed by atoms with Crippen LogP contribution in [0.25, 0.3) is 11.3 Å². The van der Waals surface area contributed by atoms with Crippen LogP contribution in [0.3, 0.4) is 0 Å². The van der Waals surface area contributed by atoms with Crippen molar-refractivity contribution in [2.75, 3.05) is 6.26 Å². The van der Waals surface area contributed by atoms with E-state index in [0.717, 1.165) is 5.69 Å². The first-order valence-electron chi connectivity index (χ1n) is 7.26. The molecule has 0 aliphatic carbocycles. The quantitative estimate of drug-likeness (QED) is 0.569. The Morgan fingerprint density at radius 2 is 2.12 bits per heavy atom. The molecule has 0 atom stereocenters. The maximum absolute atomic E-state index is 12.1. The van der Waals surface area contributed by atoms with Gasteiger partial charge in [-0.3, -0.25) is 9.78 Å². The molecule has 0 bridgehead atoms. The highest BCUT2D eigenvalue weighted by Crippen LogP contribution is 2.27. The minimum Gasteiger partial charge on any atom is -0.437 e. The Balaban J connectivity index is 2.04. The second-order valence-corrected chi connectivity index (χ2v) is 5.83. The summed E-state index contributed by atoms with van der Waals surface area (Å²) in [6.07, 6.45) is 4.94. The topological polar surface area (TPSA) is 105 Å². The van der Waals surface area contributed by atoms with E-state index >= 15 is 0 Å². The number of aromatic nitrogens is 4. The Hall–Kier alpha value is -3.18. The number of aryl methyl sites for hydroxylation is 1. The molecule has 1 N–H and O–H groups in total. The molecule has 25 heavy (non-hydrogen) atoms. The molecule has 0 saturated heterocycles. The van der Waals surface area contributed by atoms with Crippen LogP contribution in [-0.2, 0) is 0 Å². The highest BCUT2D eigenvalue weighted by Gasteiger charge is 2.14. The summed E-state index contributed by atoms with van der Waals surface area (Å²) in [6, 6.07) is 8.89. The van der Waals surface area contributed by atoms with Gasteiger partial charge in [0, 0.05) is 11.8 Å². The van der Waals surface area contributed by atoms with Gasteiger partial charge in [0.2, 0.25) is 5.88 Å². The van der Waals surface area contributed by atoms with Crippen LogP contribution in [0.1, 0.15) is 11.3 Å². The average molecular weight is 351 g/mol. The Morgan fingerprint density at radius 1 is 1.28 bits per heavy atom. The number of H-pyrrole nitrogens is 1. The SMILES string of the molecule is CSc1nc(-c2cccc(Oc3cncc(C)n3)c2)c(C#N)c(=O)[nH]1. The Morgan fingerprint density at radius 3 is 2.84 bits per heavy atom. The third-order valence-electron chi connectivity index (χ3n) is 3.27. The van der Waals surface area contributed by atoms with Crippen molar-refractivity contribution in [2.45, 2.75) is 12.1 Å². The van der Waals surface area contributed by atoms with E-state index in [4.69, 9.17) is 4.74 Å². The molecule has 0 unspecified atom stereocenters. The maximum Gasteiger partial charge on any atom is 0.270 e. The molecular formula is C17H13N5O2S. The molecule has 2 heterocycles. The molecule has 0 aliphatic heterocycles. The lowest BCUT2D eigenvalue weighted by atomic mass is 10.1. The van der Waals surface area contributed by atoms with Crippen LogP contribution in [0.5, 0.6) is 11.6 Å². The van der Waals surface area contributed by atoms with Crippen LogP contribution < -0.4 is 10.3 Å². The van der Waals surface area contributed by atoms with Crippen LogP contribution in [-0.4, -0.2) is 26.2 Å². The standard InChI is InChI=1S/C17H13N5O2S/c1-10-8-19-9-14(20-10)24-12-5-3-4-11(6-12)15-13(7-18)16(23)22-17(21-15)25-2/h3-6,8-9H,1-2H3,(H,21,22,23). The van der Waals surface area contributed by atoms with Gasteiger partial charge >= 0.3 is 0 Å². The lowest BCUT2D eigenvalue weighted by molar-refractivity contribution is 0.459. The second kappa shape index (κ2) is 7.15. The van der Waals surface area contributed by atoms with E-state index in [2.05, 4.69) is 19.9 Å². The number of nitrogens with zero attached hydrogens (tertiary/aromatic N) is 4. The Bertz CT molecular complexity index is 1030. The van der Waals surface area contributed by atoms with Crippen LogP contribution in [0.15, 0.2) is 46.6 Å². The molecule has 7 nitrogen and oxygen atoms in total. The van der Waals surface area contributed by atoms with E-state index in [9.17, 15) is 10.1 Å². The zero-order valence-electron chi connectivity index (χ0n) is 13.5. The number of hydrogen-bond acceptors (Lipinski definition) is 7. The molecule has 8 heteroatoms. The monoisotopic (exact) mass is 351 g/mol. The van der Waals surface area contributed by atoms with E-state index < -0.39 is 5.56 Å². The van der Waals surface area contributed by atoms with Gasteiger partial charge in [-0.25, -0.2) is 9.97 Å². The van der Waals surface area contributed by atoms with Gasteiger partial charge in [0.25, 0.3) is 5.56 Å². The summed E-state index contributed by atoms with van der Waals surface area (Å²) in [4.78, 5) is 27.3. The van der Waals surface area contributed by atoms with Gasteiger partial charge in [0.05, 0.1) is 17.6 Å². The normalized spacial score (nSPS) is 10.3. The van der Waals surface area contributed by atoms with Gasteiger partial charge in [-0.2, -0.15) is 5.26 Å². The summed E-state index contributed by atoms with van der Waals surface area (Å²) >= 11 is 1.29. The molecular weight excluding hydrogens is 338 g/mol. The van der Waals surface area contributed by atoms with E-state index in [-0.39, 0.29) is 5.56 Å². The molecule has 124 valence electrons. The number of thioether (sulfide) groups is 1. The minimum absolute atomic E-state index is 0.0368. The van der Waals surface area contributed by atoms with Gasteiger partial charge in [-0.15, -0.1) is 0 Å². The molecule has 0 spiro atoms. The van der Waals surface area contributed by atoms with Gasteiger partial charge in [0.1, 0.15) is 17.4 Å². The van der Waals surface area contributed by atoms with Crippen molar-refractivity contribution in [1.29, 1.82) is 5.26 Å². The predicted octanol–water partition coefficient (Wildman–Crippen LogP) is 2.92. The number of aromatic amines is 1. The lowest BCUT2D eigenvalue weighted by Gasteiger charge is -2.08. The smallest absolute Gasteiger partial charge is 0.270 e. The van der Waals surface area contributed by atoms with Crippen molar-refractivity contribution >= 4 is 11.8 Å². The second-order valence-electron chi connectivity index (χ2n) is 5.04. The maximum atomic E-state index is 12.1. The predicted molar refractivity (Wildman–Crippen MR) is 93.6 cm³/mol. The molecule has 0 radical (unpaired) electrons. The third-order valence-corrected chi connectivity index (χ3v) is 3.85. The zero-order chi connectivity index (χ0) is 17.8. The van der Waals surface area contributed by atoms with Crippen molar-refractivity contribution in [3.05, 3.63) is 58.3 Å². The van der Waals surface area contributed by atoms with Crippen molar-refractivity contribution < 1.29 is 4.74 Å².